The zero-order chi connectivity index (χ0) is 16.4. The number of guanidine groups is 1. The average molecular weight is 432 g/mol. The summed E-state index contributed by atoms with van der Waals surface area (Å²) >= 11 is 0. The third-order valence-electron chi connectivity index (χ3n) is 3.09. The molecule has 1 rings (SSSR count). The summed E-state index contributed by atoms with van der Waals surface area (Å²) in [6.45, 7) is 10.5. The van der Waals surface area contributed by atoms with Gasteiger partial charge in [0.2, 0.25) is 5.91 Å². The lowest BCUT2D eigenvalue weighted by atomic mass is 10.1. The van der Waals surface area contributed by atoms with E-state index in [1.54, 1.807) is 0 Å². The zero-order valence-corrected chi connectivity index (χ0v) is 16.9. The van der Waals surface area contributed by atoms with E-state index in [1.807, 2.05) is 13.8 Å². The van der Waals surface area contributed by atoms with Crippen molar-refractivity contribution >= 4 is 35.8 Å². The fourth-order valence-corrected chi connectivity index (χ4v) is 2.28. The molecule has 0 bridgehead atoms. The second-order valence-corrected chi connectivity index (χ2v) is 5.32. The molecule has 0 saturated heterocycles. The molecule has 5 nitrogen and oxygen atoms in total. The van der Waals surface area contributed by atoms with Crippen LogP contribution in [0.25, 0.3) is 0 Å². The van der Waals surface area contributed by atoms with Crippen molar-refractivity contribution < 1.29 is 4.79 Å². The van der Waals surface area contributed by atoms with E-state index in [4.69, 9.17) is 0 Å². The molecule has 1 aromatic carbocycles. The van der Waals surface area contributed by atoms with E-state index in [-0.39, 0.29) is 36.4 Å². The van der Waals surface area contributed by atoms with Crippen LogP contribution in [-0.2, 0) is 11.2 Å². The molecule has 0 heterocycles. The van der Waals surface area contributed by atoms with E-state index in [1.165, 1.54) is 16.7 Å². The van der Waals surface area contributed by atoms with E-state index in [9.17, 15) is 4.79 Å². The molecular formula is C17H29IN4O. The normalized spacial score (nSPS) is 10.7. The fraction of sp³-hybridized carbons (Fsp3) is 0.529. The first-order valence-corrected chi connectivity index (χ1v) is 7.91. The van der Waals surface area contributed by atoms with Crippen molar-refractivity contribution in [2.24, 2.45) is 4.99 Å². The van der Waals surface area contributed by atoms with Gasteiger partial charge in [0.15, 0.2) is 5.96 Å². The van der Waals surface area contributed by atoms with Gasteiger partial charge < -0.3 is 16.0 Å². The molecule has 0 unspecified atom stereocenters. The van der Waals surface area contributed by atoms with Crippen LogP contribution in [0.4, 0.5) is 0 Å². The van der Waals surface area contributed by atoms with Gasteiger partial charge >= 0.3 is 0 Å². The first kappa shape index (κ1) is 21.7. The lowest BCUT2D eigenvalue weighted by Gasteiger charge is -2.12. The summed E-state index contributed by atoms with van der Waals surface area (Å²) in [5, 5.41) is 9.15. The fourth-order valence-electron chi connectivity index (χ4n) is 2.28. The maximum Gasteiger partial charge on any atom is 0.241 e. The Labute approximate surface area is 156 Å². The topological polar surface area (TPSA) is 65.5 Å². The molecule has 0 radical (unpaired) electrons. The number of hydrogen-bond donors (Lipinski definition) is 3. The number of carbonyl (C=O) groups is 1. The SMILES string of the molecule is CCNC(=O)CN=C(NCC)NCCc1cc(C)cc(C)c1.I. The number of nitrogens with one attached hydrogen (secondary N) is 3. The number of aliphatic imine (C=N–C) groups is 1. The summed E-state index contributed by atoms with van der Waals surface area (Å²) in [5.41, 5.74) is 3.88. The first-order chi connectivity index (χ1) is 10.5. The quantitative estimate of drug-likeness (QED) is 0.352. The molecule has 23 heavy (non-hydrogen) atoms. The number of hydrogen-bond acceptors (Lipinski definition) is 2. The minimum Gasteiger partial charge on any atom is -0.357 e. The van der Waals surface area contributed by atoms with Gasteiger partial charge in [-0.15, -0.1) is 24.0 Å². The minimum absolute atomic E-state index is 0. The Morgan fingerprint density at radius 1 is 1.00 bits per heavy atom. The lowest BCUT2D eigenvalue weighted by Crippen LogP contribution is -2.39. The molecule has 0 spiro atoms. The highest BCUT2D eigenvalue weighted by Crippen LogP contribution is 2.08. The highest BCUT2D eigenvalue weighted by atomic mass is 127. The Kier molecular flexibility index (Phi) is 11.5. The Morgan fingerprint density at radius 2 is 1.61 bits per heavy atom. The molecule has 1 aromatic rings. The Morgan fingerprint density at radius 3 is 2.17 bits per heavy atom. The second-order valence-electron chi connectivity index (χ2n) is 5.32. The second kappa shape index (κ2) is 12.2. The summed E-state index contributed by atoms with van der Waals surface area (Å²) in [5.74, 6) is 0.618. The van der Waals surface area contributed by atoms with Crippen LogP contribution in [0.15, 0.2) is 23.2 Å². The monoisotopic (exact) mass is 432 g/mol. The largest absolute Gasteiger partial charge is 0.357 e. The van der Waals surface area contributed by atoms with Gasteiger partial charge in [-0.1, -0.05) is 29.3 Å². The Bertz CT molecular complexity index is 497. The average Bonchev–Trinajstić information content (AvgIpc) is 2.44. The Balaban J connectivity index is 0.00000484. The van der Waals surface area contributed by atoms with Gasteiger partial charge in [-0.25, -0.2) is 4.99 Å². The van der Waals surface area contributed by atoms with E-state index < -0.39 is 0 Å². The molecule has 0 aliphatic carbocycles. The van der Waals surface area contributed by atoms with Crippen LogP contribution in [0, 0.1) is 13.8 Å². The lowest BCUT2D eigenvalue weighted by molar-refractivity contribution is -0.119. The number of nitrogens with zero attached hydrogens (tertiary/aromatic N) is 1. The number of aryl methyl sites for hydroxylation is 2. The third-order valence-corrected chi connectivity index (χ3v) is 3.09. The number of carbonyl (C=O) groups excluding carboxylic acids is 1. The van der Waals surface area contributed by atoms with Gasteiger partial charge in [-0.3, -0.25) is 4.79 Å². The van der Waals surface area contributed by atoms with Crippen LogP contribution < -0.4 is 16.0 Å². The number of halogens is 1. The molecule has 6 heteroatoms. The van der Waals surface area contributed by atoms with Gasteiger partial charge in [-0.05, 0) is 39.7 Å². The summed E-state index contributed by atoms with van der Waals surface area (Å²) in [7, 11) is 0. The molecule has 0 aliphatic rings. The van der Waals surface area contributed by atoms with Crippen molar-refractivity contribution in [1.82, 2.24) is 16.0 Å². The van der Waals surface area contributed by atoms with Crippen molar-refractivity contribution in [2.75, 3.05) is 26.2 Å². The number of rotatable bonds is 7. The predicted octanol–water partition coefficient (Wildman–Crippen LogP) is 2.16. The van der Waals surface area contributed by atoms with E-state index in [0.29, 0.717) is 12.5 Å². The maximum absolute atomic E-state index is 11.4. The van der Waals surface area contributed by atoms with E-state index in [2.05, 4.69) is 53.0 Å². The zero-order valence-electron chi connectivity index (χ0n) is 14.5. The van der Waals surface area contributed by atoms with Crippen molar-refractivity contribution in [3.8, 4) is 0 Å². The molecule has 3 N–H and O–H groups in total. The molecular weight excluding hydrogens is 403 g/mol. The van der Waals surface area contributed by atoms with Crippen LogP contribution in [-0.4, -0.2) is 38.0 Å². The summed E-state index contributed by atoms with van der Waals surface area (Å²) in [6, 6.07) is 6.58. The molecule has 0 saturated carbocycles. The van der Waals surface area contributed by atoms with Gasteiger partial charge in [0.05, 0.1) is 0 Å². The van der Waals surface area contributed by atoms with E-state index in [0.717, 1.165) is 19.5 Å². The molecule has 0 atom stereocenters. The molecule has 1 amide bonds. The summed E-state index contributed by atoms with van der Waals surface area (Å²) < 4.78 is 0. The van der Waals surface area contributed by atoms with Crippen LogP contribution >= 0.6 is 24.0 Å². The van der Waals surface area contributed by atoms with Gasteiger partial charge in [-0.2, -0.15) is 0 Å². The van der Waals surface area contributed by atoms with Gasteiger partial charge in [0.25, 0.3) is 0 Å². The van der Waals surface area contributed by atoms with E-state index >= 15 is 0 Å². The Hall–Kier alpha value is -1.31. The smallest absolute Gasteiger partial charge is 0.241 e. The van der Waals surface area contributed by atoms with Crippen LogP contribution in [0.5, 0.6) is 0 Å². The molecule has 0 fully saturated rings. The third kappa shape index (κ3) is 9.43. The van der Waals surface area contributed by atoms with Crippen LogP contribution in [0.2, 0.25) is 0 Å². The highest BCUT2D eigenvalue weighted by molar-refractivity contribution is 14.0. The first-order valence-electron chi connectivity index (χ1n) is 7.91. The molecule has 0 aliphatic heterocycles. The number of likely N-dealkylation sites (N-methyl/N-ethyl adjacent to an activating group) is 1. The highest BCUT2D eigenvalue weighted by Gasteiger charge is 2.01. The van der Waals surface area contributed by atoms with Crippen molar-refractivity contribution in [3.05, 3.63) is 34.9 Å². The number of benzene rings is 1. The van der Waals surface area contributed by atoms with Crippen LogP contribution in [0.3, 0.4) is 0 Å². The molecule has 0 aromatic heterocycles. The summed E-state index contributed by atoms with van der Waals surface area (Å²) in [6.07, 6.45) is 0.925. The molecule has 130 valence electrons. The van der Waals surface area contributed by atoms with Gasteiger partial charge in [0, 0.05) is 19.6 Å². The number of amides is 1. The van der Waals surface area contributed by atoms with Crippen LogP contribution in [0.1, 0.15) is 30.5 Å². The summed E-state index contributed by atoms with van der Waals surface area (Å²) in [4.78, 5) is 15.7. The van der Waals surface area contributed by atoms with Crippen molar-refractivity contribution in [2.45, 2.75) is 34.1 Å². The minimum atomic E-state index is -0.0611. The standard InChI is InChI=1S/C17H28N4O.HI/c1-5-18-16(22)12-21-17(19-6-2)20-8-7-15-10-13(3)9-14(4)11-15;/h9-11H,5-8,12H2,1-4H3,(H,18,22)(H2,19,20,21);1H. The van der Waals surface area contributed by atoms with Crippen molar-refractivity contribution in [1.29, 1.82) is 0 Å². The maximum atomic E-state index is 11.4. The van der Waals surface area contributed by atoms with Crippen molar-refractivity contribution in [3.63, 3.8) is 0 Å². The predicted molar refractivity (Wildman–Crippen MR) is 108 cm³/mol. The van der Waals surface area contributed by atoms with Gasteiger partial charge in [0.1, 0.15) is 6.54 Å².